The summed E-state index contributed by atoms with van der Waals surface area (Å²) in [6.45, 7) is 7.30. The molecule has 0 unspecified atom stereocenters. The molecule has 9 heteroatoms. The van der Waals surface area contributed by atoms with E-state index in [4.69, 9.17) is 0 Å². The van der Waals surface area contributed by atoms with Gasteiger partial charge in [-0.25, -0.2) is 8.42 Å². The molecule has 2 atom stereocenters. The summed E-state index contributed by atoms with van der Waals surface area (Å²) in [7, 11) is -3.81. The van der Waals surface area contributed by atoms with Gasteiger partial charge < -0.3 is 10.2 Å². The van der Waals surface area contributed by atoms with Crippen molar-refractivity contribution < 1.29 is 18.0 Å². The van der Waals surface area contributed by atoms with E-state index in [1.54, 1.807) is 6.07 Å². The lowest BCUT2D eigenvalue weighted by molar-refractivity contribution is -0.140. The number of halogens is 1. The van der Waals surface area contributed by atoms with Crippen LogP contribution < -0.4 is 9.62 Å². The van der Waals surface area contributed by atoms with Crippen molar-refractivity contribution in [1.29, 1.82) is 0 Å². The zero-order valence-electron chi connectivity index (χ0n) is 23.7. The quantitative estimate of drug-likeness (QED) is 0.292. The van der Waals surface area contributed by atoms with Crippen molar-refractivity contribution in [3.8, 4) is 0 Å². The number of benzene rings is 3. The van der Waals surface area contributed by atoms with Crippen molar-refractivity contribution in [1.82, 2.24) is 10.2 Å². The van der Waals surface area contributed by atoms with Crippen LogP contribution in [0.3, 0.4) is 0 Å². The van der Waals surface area contributed by atoms with E-state index in [9.17, 15) is 18.0 Å². The Labute approximate surface area is 246 Å². The maximum absolute atomic E-state index is 14.2. The number of amides is 2. The fourth-order valence-corrected chi connectivity index (χ4v) is 5.53. The van der Waals surface area contributed by atoms with Gasteiger partial charge in [0.05, 0.1) is 11.9 Å². The molecule has 0 radical (unpaired) electrons. The fourth-order valence-electron chi connectivity index (χ4n) is 4.36. The van der Waals surface area contributed by atoms with Gasteiger partial charge >= 0.3 is 0 Å². The van der Waals surface area contributed by atoms with Crippen molar-refractivity contribution in [3.63, 3.8) is 0 Å². The van der Waals surface area contributed by atoms with E-state index in [1.165, 1.54) is 4.90 Å². The maximum atomic E-state index is 14.2. The van der Waals surface area contributed by atoms with Crippen LogP contribution in [0.5, 0.6) is 0 Å². The molecule has 40 heavy (non-hydrogen) atoms. The van der Waals surface area contributed by atoms with E-state index >= 15 is 0 Å². The van der Waals surface area contributed by atoms with Gasteiger partial charge in [-0.05, 0) is 67.6 Å². The minimum atomic E-state index is -3.81. The van der Waals surface area contributed by atoms with Crippen LogP contribution in [0.25, 0.3) is 0 Å². The van der Waals surface area contributed by atoms with Crippen LogP contribution in [0, 0.1) is 13.8 Å². The predicted molar refractivity (Wildman–Crippen MR) is 165 cm³/mol. The molecule has 7 nitrogen and oxygen atoms in total. The Kier molecular flexibility index (Phi) is 10.9. The van der Waals surface area contributed by atoms with Crippen LogP contribution in [0.15, 0.2) is 77.3 Å². The number of carbonyl (C=O) groups excluding carboxylic acids is 2. The summed E-state index contributed by atoms with van der Waals surface area (Å²) in [4.78, 5) is 29.4. The van der Waals surface area contributed by atoms with Crippen LogP contribution in [0.4, 0.5) is 5.69 Å². The highest BCUT2D eigenvalue weighted by atomic mass is 79.9. The first-order valence-corrected chi connectivity index (χ1v) is 16.0. The zero-order chi connectivity index (χ0) is 29.4. The normalized spacial score (nSPS) is 12.8. The summed E-state index contributed by atoms with van der Waals surface area (Å²) in [5, 5.41) is 3.04. The van der Waals surface area contributed by atoms with Gasteiger partial charge in [-0.15, -0.1) is 0 Å². The number of anilines is 1. The predicted octanol–water partition coefficient (Wildman–Crippen LogP) is 5.39. The van der Waals surface area contributed by atoms with Crippen molar-refractivity contribution in [3.05, 3.63) is 99.5 Å². The SMILES string of the molecule is CC[C@H](C)NC(=O)[C@H](Cc1ccccc1)N(Cc1ccc(Br)cc1)C(=O)CN(c1cc(C)ccc1C)S(C)(=O)=O. The highest BCUT2D eigenvalue weighted by Gasteiger charge is 2.33. The van der Waals surface area contributed by atoms with Gasteiger partial charge in [0.2, 0.25) is 21.8 Å². The standard InChI is InChI=1S/C31H38BrN3O4S/c1-6-24(4)33-31(37)29(19-25-10-8-7-9-11-25)34(20-26-14-16-27(32)17-15-26)30(36)21-35(40(5,38)39)28-18-22(2)12-13-23(28)3/h7-18,24,29H,6,19-21H2,1-5H3,(H,33,37)/t24-,29-/m0/s1. The molecule has 0 aliphatic rings. The number of hydrogen-bond acceptors (Lipinski definition) is 4. The molecular formula is C31H38BrN3O4S. The van der Waals surface area contributed by atoms with Gasteiger partial charge in [0.25, 0.3) is 0 Å². The number of carbonyl (C=O) groups is 2. The molecule has 1 N–H and O–H groups in total. The highest BCUT2D eigenvalue weighted by molar-refractivity contribution is 9.10. The second-order valence-corrected chi connectivity index (χ2v) is 13.1. The largest absolute Gasteiger partial charge is 0.352 e. The van der Waals surface area contributed by atoms with Gasteiger partial charge in [-0.3, -0.25) is 13.9 Å². The molecule has 0 aliphatic heterocycles. The van der Waals surface area contributed by atoms with E-state index in [0.29, 0.717) is 5.69 Å². The number of sulfonamides is 1. The summed E-state index contributed by atoms with van der Waals surface area (Å²) < 4.78 is 28.0. The summed E-state index contributed by atoms with van der Waals surface area (Å²) in [6, 6.07) is 21.6. The topological polar surface area (TPSA) is 86.8 Å². The lowest BCUT2D eigenvalue weighted by Crippen LogP contribution is -2.54. The molecule has 0 spiro atoms. The molecule has 0 aliphatic carbocycles. The Morgan fingerprint density at radius 2 is 1.60 bits per heavy atom. The monoisotopic (exact) mass is 627 g/mol. The van der Waals surface area contributed by atoms with E-state index in [0.717, 1.165) is 43.7 Å². The van der Waals surface area contributed by atoms with Crippen molar-refractivity contribution >= 4 is 43.5 Å². The molecule has 3 aromatic rings. The van der Waals surface area contributed by atoms with Crippen LogP contribution in [-0.4, -0.2) is 50.0 Å². The molecule has 0 saturated heterocycles. The van der Waals surface area contributed by atoms with Crippen molar-refractivity contribution in [2.24, 2.45) is 0 Å². The second-order valence-electron chi connectivity index (χ2n) is 10.2. The van der Waals surface area contributed by atoms with E-state index in [-0.39, 0.29) is 24.9 Å². The smallest absolute Gasteiger partial charge is 0.244 e. The Bertz CT molecular complexity index is 1410. The van der Waals surface area contributed by atoms with Crippen LogP contribution in [0.2, 0.25) is 0 Å². The average molecular weight is 629 g/mol. The molecule has 0 heterocycles. The van der Waals surface area contributed by atoms with Crippen LogP contribution >= 0.6 is 15.9 Å². The van der Waals surface area contributed by atoms with Gasteiger partial charge in [-0.1, -0.05) is 77.5 Å². The summed E-state index contributed by atoms with van der Waals surface area (Å²) in [6.07, 6.45) is 2.12. The Morgan fingerprint density at radius 3 is 2.20 bits per heavy atom. The molecule has 3 aromatic carbocycles. The number of aryl methyl sites for hydroxylation is 2. The molecule has 0 saturated carbocycles. The molecule has 214 valence electrons. The highest BCUT2D eigenvalue weighted by Crippen LogP contribution is 2.25. The maximum Gasteiger partial charge on any atom is 0.244 e. The molecule has 3 rings (SSSR count). The first-order chi connectivity index (χ1) is 18.9. The fraction of sp³-hybridized carbons (Fsp3) is 0.355. The Balaban J connectivity index is 2.08. The van der Waals surface area contributed by atoms with Crippen molar-refractivity contribution in [2.45, 2.75) is 59.2 Å². The lowest BCUT2D eigenvalue weighted by atomic mass is 10.0. The third kappa shape index (κ3) is 8.66. The summed E-state index contributed by atoms with van der Waals surface area (Å²) >= 11 is 3.45. The van der Waals surface area contributed by atoms with Crippen LogP contribution in [-0.2, 0) is 32.6 Å². The summed E-state index contributed by atoms with van der Waals surface area (Å²) in [5.74, 6) is -0.740. The third-order valence-electron chi connectivity index (χ3n) is 6.85. The second kappa shape index (κ2) is 13.9. The Hall–Kier alpha value is -3.17. The van der Waals surface area contributed by atoms with Gasteiger partial charge in [0, 0.05) is 23.5 Å². The molecule has 2 amide bonds. The minimum absolute atomic E-state index is 0.0853. The minimum Gasteiger partial charge on any atom is -0.352 e. The summed E-state index contributed by atoms with van der Waals surface area (Å²) in [5.41, 5.74) is 3.78. The molecule has 0 aromatic heterocycles. The number of rotatable bonds is 12. The number of nitrogens with zero attached hydrogens (tertiary/aromatic N) is 2. The van der Waals surface area contributed by atoms with Crippen molar-refractivity contribution in [2.75, 3.05) is 17.1 Å². The molecule has 0 fully saturated rings. The average Bonchev–Trinajstić information content (AvgIpc) is 2.91. The van der Waals surface area contributed by atoms with Gasteiger partial charge in [-0.2, -0.15) is 0 Å². The molecule has 0 bridgehead atoms. The zero-order valence-corrected chi connectivity index (χ0v) is 26.1. The first-order valence-electron chi connectivity index (χ1n) is 13.3. The lowest BCUT2D eigenvalue weighted by Gasteiger charge is -2.34. The first kappa shape index (κ1) is 31.4. The van der Waals surface area contributed by atoms with Crippen LogP contribution in [0.1, 0.15) is 42.5 Å². The van der Waals surface area contributed by atoms with E-state index < -0.39 is 28.5 Å². The number of nitrogens with one attached hydrogen (secondary N) is 1. The Morgan fingerprint density at radius 1 is 0.950 bits per heavy atom. The third-order valence-corrected chi connectivity index (χ3v) is 8.51. The van der Waals surface area contributed by atoms with Gasteiger partial charge in [0.1, 0.15) is 12.6 Å². The molecular weight excluding hydrogens is 590 g/mol. The van der Waals surface area contributed by atoms with E-state index in [1.807, 2.05) is 94.4 Å². The number of hydrogen-bond donors (Lipinski definition) is 1. The van der Waals surface area contributed by atoms with E-state index in [2.05, 4.69) is 21.2 Å². The van der Waals surface area contributed by atoms with Gasteiger partial charge in [0.15, 0.2) is 0 Å².